The van der Waals surface area contributed by atoms with Gasteiger partial charge in [-0.05, 0) is 25.0 Å². The molecular weight excluding hydrogens is 208 g/mol. The average Bonchev–Trinajstić information content (AvgIpc) is 2.93. The third-order valence-corrected chi connectivity index (χ3v) is 5.21. The number of rotatable bonds is 1. The quantitative estimate of drug-likeness (QED) is 0.729. The van der Waals surface area contributed by atoms with Crippen LogP contribution in [0.1, 0.15) is 32.1 Å². The van der Waals surface area contributed by atoms with Crippen molar-refractivity contribution in [2.45, 2.75) is 43.7 Å². The molecule has 1 atom stereocenters. The lowest BCUT2D eigenvalue weighted by Crippen LogP contribution is -2.45. The third kappa shape index (κ3) is 1.49. The van der Waals surface area contributed by atoms with Gasteiger partial charge in [-0.2, -0.15) is 11.8 Å². The predicted octanol–water partition coefficient (Wildman–Crippen LogP) is 1.19. The summed E-state index contributed by atoms with van der Waals surface area (Å²) in [7, 11) is 0. The molecule has 3 fully saturated rings. The van der Waals surface area contributed by atoms with Crippen molar-refractivity contribution >= 4 is 17.7 Å². The molecule has 1 aliphatic carbocycles. The normalized spacial score (nSPS) is 34.5. The Morgan fingerprint density at radius 2 is 2.20 bits per heavy atom. The number of hydrogen-bond acceptors (Lipinski definition) is 3. The number of nitrogens with one attached hydrogen (secondary N) is 1. The van der Waals surface area contributed by atoms with Crippen molar-refractivity contribution in [2.24, 2.45) is 0 Å². The van der Waals surface area contributed by atoms with Gasteiger partial charge >= 0.3 is 0 Å². The molecule has 4 heteroatoms. The van der Waals surface area contributed by atoms with Crippen molar-refractivity contribution in [2.75, 3.05) is 18.2 Å². The number of hydrogen-bond donors (Lipinski definition) is 1. The van der Waals surface area contributed by atoms with Gasteiger partial charge in [0.15, 0.2) is 0 Å². The predicted molar refractivity (Wildman–Crippen MR) is 61.8 cm³/mol. The molecule has 3 nitrogen and oxygen atoms in total. The van der Waals surface area contributed by atoms with Gasteiger partial charge in [0, 0.05) is 11.8 Å². The SMILES string of the molecule is O=C1N(C2CCSC2)CNC12CCCC2. The summed E-state index contributed by atoms with van der Waals surface area (Å²) in [6.07, 6.45) is 5.73. The second-order valence-corrected chi connectivity index (χ2v) is 6.07. The molecule has 0 aromatic heterocycles. The van der Waals surface area contributed by atoms with Crippen LogP contribution >= 0.6 is 11.8 Å². The van der Waals surface area contributed by atoms with Crippen LogP contribution in [0.25, 0.3) is 0 Å². The number of carbonyl (C=O) groups is 1. The first-order chi connectivity index (χ1) is 7.32. The zero-order valence-corrected chi connectivity index (χ0v) is 9.81. The van der Waals surface area contributed by atoms with E-state index in [9.17, 15) is 4.79 Å². The highest BCUT2D eigenvalue weighted by Crippen LogP contribution is 2.36. The molecule has 84 valence electrons. The van der Waals surface area contributed by atoms with Gasteiger partial charge in [0.1, 0.15) is 0 Å². The first-order valence-electron chi connectivity index (χ1n) is 5.96. The van der Waals surface area contributed by atoms with Crippen LogP contribution in [0.3, 0.4) is 0 Å². The van der Waals surface area contributed by atoms with Crippen molar-refractivity contribution in [3.63, 3.8) is 0 Å². The van der Waals surface area contributed by atoms with E-state index in [1.54, 1.807) is 0 Å². The van der Waals surface area contributed by atoms with Crippen molar-refractivity contribution in [1.82, 2.24) is 10.2 Å². The molecule has 0 radical (unpaired) electrons. The second kappa shape index (κ2) is 3.67. The molecule has 2 saturated heterocycles. The van der Waals surface area contributed by atoms with Gasteiger partial charge in [-0.3, -0.25) is 10.1 Å². The average molecular weight is 226 g/mol. The molecule has 15 heavy (non-hydrogen) atoms. The molecular formula is C11H18N2OS. The van der Waals surface area contributed by atoms with Crippen LogP contribution in [0.2, 0.25) is 0 Å². The van der Waals surface area contributed by atoms with E-state index in [2.05, 4.69) is 10.2 Å². The number of nitrogens with zero attached hydrogens (tertiary/aromatic N) is 1. The Labute approximate surface area is 95.0 Å². The largest absolute Gasteiger partial charge is 0.324 e. The van der Waals surface area contributed by atoms with Crippen LogP contribution in [0, 0.1) is 0 Å². The number of carbonyl (C=O) groups excluding carboxylic acids is 1. The molecule has 1 spiro atoms. The maximum Gasteiger partial charge on any atom is 0.244 e. The summed E-state index contributed by atoms with van der Waals surface area (Å²) in [5, 5.41) is 3.48. The highest BCUT2D eigenvalue weighted by atomic mass is 32.2. The Bertz CT molecular complexity index is 270. The Morgan fingerprint density at radius 1 is 1.40 bits per heavy atom. The molecule has 1 amide bonds. The van der Waals surface area contributed by atoms with Gasteiger partial charge in [-0.25, -0.2) is 0 Å². The van der Waals surface area contributed by atoms with Gasteiger partial charge in [0.2, 0.25) is 5.91 Å². The lowest BCUT2D eigenvalue weighted by atomic mass is 9.97. The molecule has 0 aromatic rings. The molecule has 1 unspecified atom stereocenters. The standard InChI is InChI=1S/C11H18N2OS/c14-10-11(4-1-2-5-11)12-8-13(10)9-3-6-15-7-9/h9,12H,1-8H2. The molecule has 2 aliphatic heterocycles. The smallest absolute Gasteiger partial charge is 0.244 e. The van der Waals surface area contributed by atoms with E-state index in [1.807, 2.05) is 11.8 Å². The fraction of sp³-hybridized carbons (Fsp3) is 0.909. The van der Waals surface area contributed by atoms with Crippen LogP contribution < -0.4 is 5.32 Å². The molecule has 2 heterocycles. The molecule has 0 bridgehead atoms. The first kappa shape index (κ1) is 9.97. The Hall–Kier alpha value is -0.220. The minimum Gasteiger partial charge on any atom is -0.324 e. The lowest BCUT2D eigenvalue weighted by Gasteiger charge is -2.25. The Morgan fingerprint density at radius 3 is 2.87 bits per heavy atom. The first-order valence-corrected chi connectivity index (χ1v) is 7.11. The highest BCUT2D eigenvalue weighted by molar-refractivity contribution is 7.99. The minimum absolute atomic E-state index is 0.146. The van der Waals surface area contributed by atoms with E-state index in [0.29, 0.717) is 11.9 Å². The van der Waals surface area contributed by atoms with Gasteiger partial charge in [-0.1, -0.05) is 12.8 Å². The zero-order chi connectivity index (χ0) is 10.3. The summed E-state index contributed by atoms with van der Waals surface area (Å²) in [4.78, 5) is 14.5. The van der Waals surface area contributed by atoms with Crippen molar-refractivity contribution < 1.29 is 4.79 Å². The van der Waals surface area contributed by atoms with Gasteiger partial charge in [0.05, 0.1) is 12.2 Å². The van der Waals surface area contributed by atoms with Gasteiger partial charge in [0.25, 0.3) is 0 Å². The van der Waals surface area contributed by atoms with E-state index >= 15 is 0 Å². The Kier molecular flexibility index (Phi) is 2.44. The monoisotopic (exact) mass is 226 g/mol. The molecule has 3 aliphatic rings. The van der Waals surface area contributed by atoms with Crippen molar-refractivity contribution in [3.05, 3.63) is 0 Å². The summed E-state index contributed by atoms with van der Waals surface area (Å²) >= 11 is 1.98. The number of amides is 1. The van der Waals surface area contributed by atoms with Crippen LogP contribution in [-0.2, 0) is 4.79 Å². The van der Waals surface area contributed by atoms with E-state index in [0.717, 1.165) is 25.3 Å². The van der Waals surface area contributed by atoms with Crippen LogP contribution in [0.4, 0.5) is 0 Å². The van der Waals surface area contributed by atoms with Crippen molar-refractivity contribution in [3.8, 4) is 0 Å². The fourth-order valence-electron chi connectivity index (χ4n) is 3.09. The van der Waals surface area contributed by atoms with Crippen LogP contribution in [0.5, 0.6) is 0 Å². The molecule has 1 N–H and O–H groups in total. The Balaban J connectivity index is 1.75. The van der Waals surface area contributed by atoms with Gasteiger partial charge < -0.3 is 4.90 Å². The fourth-order valence-corrected chi connectivity index (χ4v) is 4.31. The summed E-state index contributed by atoms with van der Waals surface area (Å²) in [6, 6.07) is 0.509. The van der Waals surface area contributed by atoms with Crippen LogP contribution in [0.15, 0.2) is 0 Å². The van der Waals surface area contributed by atoms with Crippen molar-refractivity contribution in [1.29, 1.82) is 0 Å². The van der Waals surface area contributed by atoms with E-state index < -0.39 is 0 Å². The minimum atomic E-state index is -0.146. The zero-order valence-electron chi connectivity index (χ0n) is 9.00. The maximum atomic E-state index is 12.4. The summed E-state index contributed by atoms with van der Waals surface area (Å²) in [5.41, 5.74) is -0.146. The maximum absolute atomic E-state index is 12.4. The lowest BCUT2D eigenvalue weighted by molar-refractivity contribution is -0.133. The summed E-state index contributed by atoms with van der Waals surface area (Å²) in [6.45, 7) is 0.796. The van der Waals surface area contributed by atoms with E-state index in [-0.39, 0.29) is 5.54 Å². The second-order valence-electron chi connectivity index (χ2n) is 4.92. The molecule has 0 aromatic carbocycles. The van der Waals surface area contributed by atoms with Gasteiger partial charge in [-0.15, -0.1) is 0 Å². The third-order valence-electron chi connectivity index (χ3n) is 4.06. The molecule has 1 saturated carbocycles. The summed E-state index contributed by atoms with van der Waals surface area (Å²) < 4.78 is 0. The van der Waals surface area contributed by atoms with E-state index in [4.69, 9.17) is 0 Å². The molecule has 3 rings (SSSR count). The highest BCUT2D eigenvalue weighted by Gasteiger charge is 2.49. The van der Waals surface area contributed by atoms with Crippen LogP contribution in [-0.4, -0.2) is 40.6 Å². The van der Waals surface area contributed by atoms with E-state index in [1.165, 1.54) is 25.0 Å². The number of thioether (sulfide) groups is 1. The topological polar surface area (TPSA) is 32.3 Å². The summed E-state index contributed by atoms with van der Waals surface area (Å²) in [5.74, 6) is 2.76.